The lowest BCUT2D eigenvalue weighted by molar-refractivity contribution is -0.105. The largest absolute Gasteiger partial charge is 0.489 e. The summed E-state index contributed by atoms with van der Waals surface area (Å²) in [4.78, 5) is 10.2. The molecule has 0 aromatic heterocycles. The number of hydrogen-bond acceptors (Lipinski definition) is 3. The van der Waals surface area contributed by atoms with Crippen LogP contribution >= 0.6 is 0 Å². The lowest BCUT2D eigenvalue weighted by atomic mass is 10.1. The van der Waals surface area contributed by atoms with Gasteiger partial charge in [-0.2, -0.15) is 0 Å². The van der Waals surface area contributed by atoms with Gasteiger partial charge in [-0.25, -0.2) is 0 Å². The molecule has 0 aliphatic rings. The van der Waals surface area contributed by atoms with Crippen LogP contribution in [0.1, 0.15) is 42.9 Å². The number of anilines is 1. The molecule has 0 aliphatic carbocycles. The van der Waals surface area contributed by atoms with Crippen molar-refractivity contribution in [3.05, 3.63) is 95.6 Å². The van der Waals surface area contributed by atoms with Gasteiger partial charge in [0.15, 0.2) is 0 Å². The van der Waals surface area contributed by atoms with Gasteiger partial charge in [-0.15, -0.1) is 0 Å². The Labute approximate surface area is 186 Å². The maximum absolute atomic E-state index is 10.2. The van der Waals surface area contributed by atoms with Gasteiger partial charge in [0, 0.05) is 5.69 Å². The molecule has 3 rings (SSSR count). The van der Waals surface area contributed by atoms with E-state index in [4.69, 9.17) is 10.5 Å². The first-order valence-electron chi connectivity index (χ1n) is 11.0. The van der Waals surface area contributed by atoms with Crippen LogP contribution < -0.4 is 15.8 Å². The summed E-state index contributed by atoms with van der Waals surface area (Å²) in [6.07, 6.45) is 6.46. The highest BCUT2D eigenvalue weighted by atomic mass is 16.5. The van der Waals surface area contributed by atoms with Crippen molar-refractivity contribution in [1.29, 1.82) is 0 Å². The minimum absolute atomic E-state index is 0.608. The molecule has 4 nitrogen and oxygen atoms in total. The van der Waals surface area contributed by atoms with E-state index in [0.29, 0.717) is 19.6 Å². The third kappa shape index (κ3) is 9.96. The Bertz CT molecular complexity index is 864. The predicted octanol–water partition coefficient (Wildman–Crippen LogP) is 5.75. The summed E-state index contributed by atoms with van der Waals surface area (Å²) in [5.41, 5.74) is 10.1. The highest BCUT2D eigenvalue weighted by molar-refractivity contribution is 5.71. The van der Waals surface area contributed by atoms with E-state index < -0.39 is 0 Å². The second-order valence-electron chi connectivity index (χ2n) is 7.38. The van der Waals surface area contributed by atoms with Gasteiger partial charge in [-0.05, 0) is 66.8 Å². The molecular weight excluding hydrogens is 384 g/mol. The van der Waals surface area contributed by atoms with Crippen molar-refractivity contribution < 1.29 is 9.53 Å². The molecule has 31 heavy (non-hydrogen) atoms. The molecule has 0 heterocycles. The van der Waals surface area contributed by atoms with Crippen molar-refractivity contribution in [2.45, 2.75) is 45.6 Å². The maximum atomic E-state index is 10.2. The molecule has 0 bridgehead atoms. The lowest BCUT2D eigenvalue weighted by Gasteiger charge is -2.07. The Morgan fingerprint density at radius 2 is 1.58 bits per heavy atom. The van der Waals surface area contributed by atoms with Gasteiger partial charge < -0.3 is 15.8 Å². The number of carbonyl (C=O) groups excluding carboxylic acids is 1. The molecule has 4 heteroatoms. The van der Waals surface area contributed by atoms with Crippen molar-refractivity contribution >= 4 is 12.1 Å². The van der Waals surface area contributed by atoms with Gasteiger partial charge in [-0.1, -0.05) is 74.4 Å². The van der Waals surface area contributed by atoms with Crippen molar-refractivity contribution in [2.75, 3.05) is 11.9 Å². The van der Waals surface area contributed by atoms with Crippen LogP contribution in [0, 0.1) is 0 Å². The minimum Gasteiger partial charge on any atom is -0.489 e. The van der Waals surface area contributed by atoms with Crippen LogP contribution in [-0.4, -0.2) is 13.0 Å². The molecule has 164 valence electrons. The van der Waals surface area contributed by atoms with E-state index in [1.54, 1.807) is 0 Å². The zero-order valence-corrected chi connectivity index (χ0v) is 18.4. The van der Waals surface area contributed by atoms with E-state index in [-0.39, 0.29) is 0 Å². The molecule has 0 unspecified atom stereocenters. The van der Waals surface area contributed by atoms with Gasteiger partial charge in [0.2, 0.25) is 6.41 Å². The van der Waals surface area contributed by atoms with Crippen LogP contribution in [0.2, 0.25) is 0 Å². The van der Waals surface area contributed by atoms with Crippen LogP contribution in [0.3, 0.4) is 0 Å². The normalized spacial score (nSPS) is 10.0. The summed E-state index contributed by atoms with van der Waals surface area (Å²) in [6.45, 7) is 3.49. The Morgan fingerprint density at radius 1 is 0.839 bits per heavy atom. The van der Waals surface area contributed by atoms with Crippen LogP contribution in [0.15, 0.2) is 78.9 Å². The summed E-state index contributed by atoms with van der Waals surface area (Å²) in [5, 5.41) is 2.66. The number of rotatable bonds is 11. The fourth-order valence-electron chi connectivity index (χ4n) is 3.12. The van der Waals surface area contributed by atoms with E-state index in [1.807, 2.05) is 48.5 Å². The molecule has 3 aromatic rings. The number of hydrogen-bond donors (Lipinski definition) is 2. The fourth-order valence-corrected chi connectivity index (χ4v) is 3.12. The van der Waals surface area contributed by atoms with Crippen LogP contribution in [0.5, 0.6) is 5.75 Å². The summed E-state index contributed by atoms with van der Waals surface area (Å²) >= 11 is 0. The Morgan fingerprint density at radius 3 is 2.26 bits per heavy atom. The Balaban J connectivity index is 0.000000225. The van der Waals surface area contributed by atoms with E-state index in [2.05, 4.69) is 42.6 Å². The van der Waals surface area contributed by atoms with Crippen molar-refractivity contribution in [3.8, 4) is 5.75 Å². The quantitative estimate of drug-likeness (QED) is 0.308. The maximum Gasteiger partial charge on any atom is 0.211 e. The highest BCUT2D eigenvalue weighted by Crippen LogP contribution is 2.14. The molecular formula is C27H34N2O2. The second kappa shape index (κ2) is 14.8. The van der Waals surface area contributed by atoms with Crippen molar-refractivity contribution in [2.24, 2.45) is 5.73 Å². The SMILES string of the molecule is CCCCCc1cccc(NC=O)c1.NCCc1ccc(OCc2ccccc2)cc1. The lowest BCUT2D eigenvalue weighted by Crippen LogP contribution is -2.02. The first-order chi connectivity index (χ1) is 15.2. The van der Waals surface area contributed by atoms with Gasteiger partial charge in [0.05, 0.1) is 0 Å². The minimum atomic E-state index is 0.608. The number of benzene rings is 3. The van der Waals surface area contributed by atoms with Gasteiger partial charge in [0.25, 0.3) is 0 Å². The molecule has 0 fully saturated rings. The van der Waals surface area contributed by atoms with Crippen LogP contribution in [0.4, 0.5) is 5.69 Å². The molecule has 1 amide bonds. The number of unbranched alkanes of at least 4 members (excludes halogenated alkanes) is 2. The predicted molar refractivity (Wildman–Crippen MR) is 129 cm³/mol. The Hall–Kier alpha value is -3.11. The fraction of sp³-hybridized carbons (Fsp3) is 0.296. The first-order valence-corrected chi connectivity index (χ1v) is 11.0. The summed E-state index contributed by atoms with van der Waals surface area (Å²) in [7, 11) is 0. The molecule has 0 atom stereocenters. The number of nitrogens with two attached hydrogens (primary N) is 1. The number of aryl methyl sites for hydroxylation is 1. The third-order valence-corrected chi connectivity index (χ3v) is 4.83. The van der Waals surface area contributed by atoms with Crippen LogP contribution in [0.25, 0.3) is 0 Å². The number of carbonyl (C=O) groups is 1. The summed E-state index contributed by atoms with van der Waals surface area (Å²) in [6, 6.07) is 26.3. The number of amides is 1. The molecule has 0 saturated heterocycles. The van der Waals surface area contributed by atoms with E-state index in [9.17, 15) is 4.79 Å². The topological polar surface area (TPSA) is 64.4 Å². The average Bonchev–Trinajstić information content (AvgIpc) is 2.81. The first kappa shape index (κ1) is 24.2. The second-order valence-corrected chi connectivity index (χ2v) is 7.38. The zero-order valence-electron chi connectivity index (χ0n) is 18.4. The third-order valence-electron chi connectivity index (χ3n) is 4.83. The number of nitrogens with one attached hydrogen (secondary N) is 1. The molecule has 0 aliphatic heterocycles. The smallest absolute Gasteiger partial charge is 0.211 e. The molecule has 0 spiro atoms. The monoisotopic (exact) mass is 418 g/mol. The molecule has 0 radical (unpaired) electrons. The van der Waals surface area contributed by atoms with Gasteiger partial charge >= 0.3 is 0 Å². The summed E-state index contributed by atoms with van der Waals surface area (Å²) in [5.74, 6) is 0.898. The Kier molecular flexibility index (Phi) is 11.5. The van der Waals surface area contributed by atoms with E-state index >= 15 is 0 Å². The number of ether oxygens (including phenoxy) is 1. The standard InChI is InChI=1S/C15H17NO.C12H17NO/c16-11-10-13-6-8-15(9-7-13)17-12-14-4-2-1-3-5-14;1-2-3-4-6-11-7-5-8-12(9-11)13-10-14/h1-9H,10-12,16H2;5,7-10H,2-4,6H2,1H3,(H,13,14). The van der Waals surface area contributed by atoms with Crippen molar-refractivity contribution in [3.63, 3.8) is 0 Å². The van der Waals surface area contributed by atoms with E-state index in [0.717, 1.165) is 24.3 Å². The molecule has 3 aromatic carbocycles. The highest BCUT2D eigenvalue weighted by Gasteiger charge is 1.97. The van der Waals surface area contributed by atoms with Gasteiger partial charge in [0.1, 0.15) is 12.4 Å². The summed E-state index contributed by atoms with van der Waals surface area (Å²) < 4.78 is 5.69. The van der Waals surface area contributed by atoms with E-state index in [1.165, 1.54) is 36.0 Å². The average molecular weight is 419 g/mol. The van der Waals surface area contributed by atoms with Crippen molar-refractivity contribution in [1.82, 2.24) is 0 Å². The zero-order chi connectivity index (χ0) is 22.2. The molecule has 3 N–H and O–H groups in total. The molecule has 0 saturated carbocycles. The van der Waals surface area contributed by atoms with Crippen LogP contribution in [-0.2, 0) is 24.2 Å². The van der Waals surface area contributed by atoms with Gasteiger partial charge in [-0.3, -0.25) is 4.79 Å².